The number of ether oxygens (including phenoxy) is 2. The fraction of sp³-hybridized carbons (Fsp3) is 0.769. The summed E-state index contributed by atoms with van der Waals surface area (Å²) in [6, 6.07) is 0.162. The third-order valence-corrected chi connectivity index (χ3v) is 4.20. The normalized spacial score (nSPS) is 12.8. The summed E-state index contributed by atoms with van der Waals surface area (Å²) in [5, 5.41) is 4.49. The van der Waals surface area contributed by atoms with Crippen molar-refractivity contribution >= 4 is 15.9 Å². The first kappa shape index (κ1) is 17.6. The standard InChI is InChI=1S/C13H25BrN4O2/c1-4-18-12(13(14)10(2)17-18)9-11(16-15)5-6-20-8-7-19-3/h11,16H,4-9,15H2,1-3H3. The van der Waals surface area contributed by atoms with Gasteiger partial charge >= 0.3 is 0 Å². The zero-order valence-electron chi connectivity index (χ0n) is 12.5. The van der Waals surface area contributed by atoms with Gasteiger partial charge in [-0.3, -0.25) is 16.0 Å². The first-order chi connectivity index (χ1) is 9.63. The lowest BCUT2D eigenvalue weighted by Gasteiger charge is -2.17. The van der Waals surface area contributed by atoms with Gasteiger partial charge in [-0.2, -0.15) is 5.10 Å². The number of methoxy groups -OCH3 is 1. The third kappa shape index (κ3) is 5.14. The maximum atomic E-state index is 5.63. The van der Waals surface area contributed by atoms with Crippen LogP contribution >= 0.6 is 15.9 Å². The molecule has 1 unspecified atom stereocenters. The maximum absolute atomic E-state index is 5.63. The Kier molecular flexibility index (Phi) is 8.32. The Morgan fingerprint density at radius 3 is 2.75 bits per heavy atom. The van der Waals surface area contributed by atoms with Crippen LogP contribution in [0, 0.1) is 6.92 Å². The summed E-state index contributed by atoms with van der Waals surface area (Å²) in [6.07, 6.45) is 1.67. The van der Waals surface area contributed by atoms with E-state index >= 15 is 0 Å². The molecule has 1 aromatic rings. The van der Waals surface area contributed by atoms with Crippen LogP contribution in [0.4, 0.5) is 0 Å². The van der Waals surface area contributed by atoms with Crippen molar-refractivity contribution in [2.75, 3.05) is 26.9 Å². The number of halogens is 1. The molecule has 6 nitrogen and oxygen atoms in total. The molecule has 0 spiro atoms. The number of rotatable bonds is 10. The quantitative estimate of drug-likeness (QED) is 0.380. The van der Waals surface area contributed by atoms with Crippen LogP contribution in [-0.4, -0.2) is 42.8 Å². The molecule has 0 aliphatic rings. The van der Waals surface area contributed by atoms with Gasteiger partial charge in [-0.1, -0.05) is 0 Å². The van der Waals surface area contributed by atoms with E-state index in [1.54, 1.807) is 7.11 Å². The van der Waals surface area contributed by atoms with Crippen LogP contribution in [0.3, 0.4) is 0 Å². The van der Waals surface area contributed by atoms with Crippen molar-refractivity contribution in [2.45, 2.75) is 39.3 Å². The van der Waals surface area contributed by atoms with Gasteiger partial charge in [0.2, 0.25) is 0 Å². The van der Waals surface area contributed by atoms with Gasteiger partial charge < -0.3 is 9.47 Å². The second-order valence-corrected chi connectivity index (χ2v) is 5.42. The van der Waals surface area contributed by atoms with Gasteiger partial charge in [0.25, 0.3) is 0 Å². The molecule has 116 valence electrons. The van der Waals surface area contributed by atoms with Gasteiger partial charge in [-0.25, -0.2) is 0 Å². The molecule has 0 aliphatic heterocycles. The first-order valence-electron chi connectivity index (χ1n) is 6.88. The fourth-order valence-electron chi connectivity index (χ4n) is 2.01. The summed E-state index contributed by atoms with van der Waals surface area (Å²) in [4.78, 5) is 0. The zero-order chi connectivity index (χ0) is 15.0. The summed E-state index contributed by atoms with van der Waals surface area (Å²) in [7, 11) is 1.67. The molecule has 0 saturated carbocycles. The van der Waals surface area contributed by atoms with Crippen molar-refractivity contribution in [1.82, 2.24) is 15.2 Å². The van der Waals surface area contributed by atoms with Gasteiger partial charge in [-0.15, -0.1) is 0 Å². The number of hydrogen-bond acceptors (Lipinski definition) is 5. The van der Waals surface area contributed by atoms with E-state index in [1.807, 2.05) is 11.6 Å². The minimum Gasteiger partial charge on any atom is -0.382 e. The number of aryl methyl sites for hydroxylation is 2. The molecule has 0 aromatic carbocycles. The van der Waals surface area contributed by atoms with Crippen LogP contribution in [0.1, 0.15) is 24.7 Å². The van der Waals surface area contributed by atoms with Gasteiger partial charge in [0.05, 0.1) is 29.1 Å². The van der Waals surface area contributed by atoms with E-state index in [4.69, 9.17) is 15.3 Å². The summed E-state index contributed by atoms with van der Waals surface area (Å²) in [5.74, 6) is 5.63. The highest BCUT2D eigenvalue weighted by molar-refractivity contribution is 9.10. The van der Waals surface area contributed by atoms with Crippen molar-refractivity contribution < 1.29 is 9.47 Å². The van der Waals surface area contributed by atoms with Crippen molar-refractivity contribution in [3.8, 4) is 0 Å². The smallest absolute Gasteiger partial charge is 0.0738 e. The highest BCUT2D eigenvalue weighted by Crippen LogP contribution is 2.22. The number of hydrazine groups is 1. The minimum absolute atomic E-state index is 0.162. The lowest BCUT2D eigenvalue weighted by atomic mass is 10.1. The zero-order valence-corrected chi connectivity index (χ0v) is 14.1. The molecule has 0 bridgehead atoms. The molecule has 0 radical (unpaired) electrons. The lowest BCUT2D eigenvalue weighted by Crippen LogP contribution is -2.38. The molecule has 1 atom stereocenters. The largest absolute Gasteiger partial charge is 0.382 e. The predicted octanol–water partition coefficient (Wildman–Crippen LogP) is 1.40. The first-order valence-corrected chi connectivity index (χ1v) is 7.67. The molecule has 0 aliphatic carbocycles. The summed E-state index contributed by atoms with van der Waals surface area (Å²) in [6.45, 7) is 6.83. The van der Waals surface area contributed by atoms with Crippen molar-refractivity contribution in [2.24, 2.45) is 5.84 Å². The lowest BCUT2D eigenvalue weighted by molar-refractivity contribution is 0.0657. The van der Waals surface area contributed by atoms with Crippen LogP contribution in [0.2, 0.25) is 0 Å². The Morgan fingerprint density at radius 2 is 2.15 bits per heavy atom. The summed E-state index contributed by atoms with van der Waals surface area (Å²) in [5.41, 5.74) is 5.04. The molecular formula is C13H25BrN4O2. The molecule has 7 heteroatoms. The van der Waals surface area contributed by atoms with Crippen LogP contribution in [0.25, 0.3) is 0 Å². The Morgan fingerprint density at radius 1 is 1.40 bits per heavy atom. The predicted molar refractivity (Wildman–Crippen MR) is 82.5 cm³/mol. The van der Waals surface area contributed by atoms with Crippen molar-refractivity contribution in [3.63, 3.8) is 0 Å². The van der Waals surface area contributed by atoms with Gasteiger partial charge in [0, 0.05) is 32.7 Å². The molecule has 3 N–H and O–H groups in total. The number of nitrogens with one attached hydrogen (secondary N) is 1. The van der Waals surface area contributed by atoms with E-state index in [1.165, 1.54) is 5.69 Å². The van der Waals surface area contributed by atoms with Crippen LogP contribution in [0.15, 0.2) is 4.47 Å². The SMILES string of the molecule is CCn1nc(C)c(Br)c1CC(CCOCCOC)NN. The highest BCUT2D eigenvalue weighted by Gasteiger charge is 2.16. The maximum Gasteiger partial charge on any atom is 0.0738 e. The summed E-state index contributed by atoms with van der Waals surface area (Å²) >= 11 is 3.60. The van der Waals surface area contributed by atoms with Gasteiger partial charge in [-0.05, 0) is 36.2 Å². The topological polar surface area (TPSA) is 74.3 Å². The number of hydrogen-bond donors (Lipinski definition) is 2. The minimum atomic E-state index is 0.162. The fourth-order valence-corrected chi connectivity index (χ4v) is 2.46. The monoisotopic (exact) mass is 348 g/mol. The van der Waals surface area contributed by atoms with Crippen LogP contribution in [0.5, 0.6) is 0 Å². The third-order valence-electron chi connectivity index (χ3n) is 3.17. The molecule has 1 aromatic heterocycles. The van der Waals surface area contributed by atoms with Crippen molar-refractivity contribution in [3.05, 3.63) is 15.9 Å². The molecular weight excluding hydrogens is 324 g/mol. The Bertz CT molecular complexity index is 398. The molecule has 0 fully saturated rings. The molecule has 20 heavy (non-hydrogen) atoms. The van der Waals surface area contributed by atoms with Gasteiger partial charge in [0.1, 0.15) is 0 Å². The molecule has 0 saturated heterocycles. The average molecular weight is 349 g/mol. The number of nitrogens with zero attached hydrogens (tertiary/aromatic N) is 2. The molecule has 1 heterocycles. The van der Waals surface area contributed by atoms with E-state index in [2.05, 4.69) is 33.4 Å². The average Bonchev–Trinajstić information content (AvgIpc) is 2.73. The molecule has 1 rings (SSSR count). The van der Waals surface area contributed by atoms with Gasteiger partial charge in [0.15, 0.2) is 0 Å². The Labute approximate surface area is 129 Å². The van der Waals surface area contributed by atoms with Crippen LogP contribution in [-0.2, 0) is 22.4 Å². The second kappa shape index (κ2) is 9.46. The van der Waals surface area contributed by atoms with E-state index in [0.29, 0.717) is 19.8 Å². The number of nitrogens with two attached hydrogens (primary N) is 1. The van der Waals surface area contributed by atoms with E-state index < -0.39 is 0 Å². The highest BCUT2D eigenvalue weighted by atomic mass is 79.9. The van der Waals surface area contributed by atoms with Crippen LogP contribution < -0.4 is 11.3 Å². The van der Waals surface area contributed by atoms with E-state index in [0.717, 1.165) is 29.6 Å². The second-order valence-electron chi connectivity index (χ2n) is 4.62. The molecule has 0 amide bonds. The Hall–Kier alpha value is -0.470. The Balaban J connectivity index is 2.51. The van der Waals surface area contributed by atoms with Crippen molar-refractivity contribution in [1.29, 1.82) is 0 Å². The van der Waals surface area contributed by atoms with E-state index in [-0.39, 0.29) is 6.04 Å². The van der Waals surface area contributed by atoms with E-state index in [9.17, 15) is 0 Å². The number of aromatic nitrogens is 2. The summed E-state index contributed by atoms with van der Waals surface area (Å²) < 4.78 is 13.5.